The highest BCUT2D eigenvalue weighted by Gasteiger charge is 2.10. The number of hydrogen-bond donors (Lipinski definition) is 1. The van der Waals surface area contributed by atoms with Crippen LogP contribution in [0.2, 0.25) is 5.15 Å². The van der Waals surface area contributed by atoms with Crippen molar-refractivity contribution in [1.29, 1.82) is 0 Å². The average molecular weight is 274 g/mol. The van der Waals surface area contributed by atoms with Gasteiger partial charge in [-0.3, -0.25) is 15.1 Å². The van der Waals surface area contributed by atoms with E-state index < -0.39 is 0 Å². The normalized spacial score (nSPS) is 10.6. The molecule has 3 aromatic heterocycles. The summed E-state index contributed by atoms with van der Waals surface area (Å²) < 4.78 is 1.45. The molecule has 1 amide bonds. The third-order valence-corrected chi connectivity index (χ3v) is 2.77. The van der Waals surface area contributed by atoms with E-state index >= 15 is 0 Å². The molecule has 0 bridgehead atoms. The van der Waals surface area contributed by atoms with Gasteiger partial charge in [0.2, 0.25) is 5.95 Å². The molecule has 3 aromatic rings. The highest BCUT2D eigenvalue weighted by molar-refractivity contribution is 6.29. The van der Waals surface area contributed by atoms with Gasteiger partial charge in [-0.2, -0.15) is 4.98 Å². The van der Waals surface area contributed by atoms with Gasteiger partial charge in [-0.25, -0.2) is 4.52 Å². The first-order valence-electron chi connectivity index (χ1n) is 5.47. The summed E-state index contributed by atoms with van der Waals surface area (Å²) in [5, 5.41) is 7.14. The van der Waals surface area contributed by atoms with Crippen LogP contribution in [0.3, 0.4) is 0 Å². The first-order chi connectivity index (χ1) is 9.24. The number of rotatable bonds is 2. The molecule has 0 aliphatic rings. The second-order valence-corrected chi connectivity index (χ2v) is 4.13. The minimum absolute atomic E-state index is 0.204. The Labute approximate surface area is 113 Å². The monoisotopic (exact) mass is 273 g/mol. The molecule has 0 saturated heterocycles. The molecule has 0 unspecified atom stereocenters. The summed E-state index contributed by atoms with van der Waals surface area (Å²) in [4.78, 5) is 19.9. The summed E-state index contributed by atoms with van der Waals surface area (Å²) in [6, 6.07) is 8.43. The Morgan fingerprint density at radius 3 is 2.74 bits per heavy atom. The average Bonchev–Trinajstić information content (AvgIpc) is 2.84. The maximum atomic E-state index is 11.9. The smallest absolute Gasteiger partial charge is 0.258 e. The Morgan fingerprint density at radius 1 is 1.21 bits per heavy atom. The van der Waals surface area contributed by atoms with Crippen molar-refractivity contribution in [2.75, 3.05) is 5.32 Å². The van der Waals surface area contributed by atoms with Gasteiger partial charge in [-0.15, -0.1) is 5.10 Å². The van der Waals surface area contributed by atoms with Crippen LogP contribution in [0.1, 0.15) is 10.4 Å². The summed E-state index contributed by atoms with van der Waals surface area (Å²) in [5.74, 6) is -0.0932. The molecule has 0 aromatic carbocycles. The van der Waals surface area contributed by atoms with E-state index in [1.807, 2.05) is 0 Å². The second-order valence-electron chi connectivity index (χ2n) is 3.74. The number of fused-ring (bicyclic) bond motifs is 1. The number of amides is 1. The Kier molecular flexibility index (Phi) is 2.85. The van der Waals surface area contributed by atoms with Crippen LogP contribution in [0, 0.1) is 0 Å². The lowest BCUT2D eigenvalue weighted by Gasteiger charge is -1.99. The molecular formula is C12H8ClN5O. The Hall–Kier alpha value is -2.47. The van der Waals surface area contributed by atoms with Crippen molar-refractivity contribution in [2.24, 2.45) is 0 Å². The number of aromatic nitrogens is 4. The molecule has 3 rings (SSSR count). The highest BCUT2D eigenvalue weighted by atomic mass is 35.5. The quantitative estimate of drug-likeness (QED) is 0.725. The standard InChI is InChI=1S/C12H8ClN5O/c13-9-2-1-3-10-15-12(17-18(9)10)16-11(19)8-4-6-14-7-5-8/h1-7H,(H,16,17,19). The maximum absolute atomic E-state index is 11.9. The lowest BCUT2D eigenvalue weighted by atomic mass is 10.2. The SMILES string of the molecule is O=C(Nc1nc2cccc(Cl)n2n1)c1ccncc1. The molecule has 0 radical (unpaired) electrons. The molecule has 19 heavy (non-hydrogen) atoms. The fraction of sp³-hybridized carbons (Fsp3) is 0. The van der Waals surface area contributed by atoms with Crippen LogP contribution >= 0.6 is 11.6 Å². The summed E-state index contributed by atoms with van der Waals surface area (Å²) in [6.07, 6.45) is 3.09. The number of anilines is 1. The van der Waals surface area contributed by atoms with Crippen LogP contribution < -0.4 is 5.32 Å². The molecule has 0 aliphatic carbocycles. The Bertz CT molecular complexity index is 740. The molecule has 94 valence electrons. The minimum Gasteiger partial charge on any atom is -0.289 e. The van der Waals surface area contributed by atoms with Crippen LogP contribution in [-0.4, -0.2) is 25.5 Å². The van der Waals surface area contributed by atoms with Crippen LogP contribution in [0.15, 0.2) is 42.7 Å². The first-order valence-corrected chi connectivity index (χ1v) is 5.84. The molecule has 1 N–H and O–H groups in total. The van der Waals surface area contributed by atoms with E-state index in [2.05, 4.69) is 20.4 Å². The lowest BCUT2D eigenvalue weighted by molar-refractivity contribution is 0.102. The van der Waals surface area contributed by atoms with Gasteiger partial charge in [-0.05, 0) is 24.3 Å². The van der Waals surface area contributed by atoms with Crippen molar-refractivity contribution in [1.82, 2.24) is 19.6 Å². The summed E-state index contributed by atoms with van der Waals surface area (Å²) in [7, 11) is 0. The summed E-state index contributed by atoms with van der Waals surface area (Å²) >= 11 is 5.96. The van der Waals surface area contributed by atoms with Crippen LogP contribution in [0.25, 0.3) is 5.65 Å². The molecule has 0 spiro atoms. The van der Waals surface area contributed by atoms with Crippen molar-refractivity contribution in [3.8, 4) is 0 Å². The van der Waals surface area contributed by atoms with E-state index in [4.69, 9.17) is 11.6 Å². The number of nitrogens with zero attached hydrogens (tertiary/aromatic N) is 4. The van der Waals surface area contributed by atoms with Crippen molar-refractivity contribution in [3.63, 3.8) is 0 Å². The fourth-order valence-electron chi connectivity index (χ4n) is 1.60. The molecule has 0 aliphatic heterocycles. The molecule has 3 heterocycles. The van der Waals surface area contributed by atoms with Crippen molar-refractivity contribution < 1.29 is 4.79 Å². The number of pyridine rings is 2. The summed E-state index contributed by atoms with van der Waals surface area (Å²) in [6.45, 7) is 0. The zero-order chi connectivity index (χ0) is 13.2. The van der Waals surface area contributed by atoms with E-state index in [1.165, 1.54) is 4.52 Å². The number of hydrogen-bond acceptors (Lipinski definition) is 4. The van der Waals surface area contributed by atoms with Gasteiger partial charge >= 0.3 is 0 Å². The van der Waals surface area contributed by atoms with Crippen molar-refractivity contribution >= 4 is 29.1 Å². The van der Waals surface area contributed by atoms with Gasteiger partial charge in [0.05, 0.1) is 0 Å². The molecule has 7 heteroatoms. The third-order valence-electron chi connectivity index (χ3n) is 2.48. The van der Waals surface area contributed by atoms with Crippen molar-refractivity contribution in [2.45, 2.75) is 0 Å². The molecule has 0 fully saturated rings. The number of carbonyl (C=O) groups excluding carboxylic acids is 1. The number of nitrogens with one attached hydrogen (secondary N) is 1. The maximum Gasteiger partial charge on any atom is 0.258 e. The zero-order valence-electron chi connectivity index (χ0n) is 9.62. The van der Waals surface area contributed by atoms with Gasteiger partial charge in [0, 0.05) is 18.0 Å². The molecule has 6 nitrogen and oxygen atoms in total. The number of carbonyl (C=O) groups is 1. The van der Waals surface area contributed by atoms with Crippen molar-refractivity contribution in [3.05, 3.63) is 53.4 Å². The molecule has 0 atom stereocenters. The van der Waals surface area contributed by atoms with Crippen LogP contribution in [-0.2, 0) is 0 Å². The van der Waals surface area contributed by atoms with E-state index in [-0.39, 0.29) is 11.9 Å². The van der Waals surface area contributed by atoms with Gasteiger partial charge in [0.15, 0.2) is 5.65 Å². The topological polar surface area (TPSA) is 72.2 Å². The van der Waals surface area contributed by atoms with Gasteiger partial charge < -0.3 is 0 Å². The third kappa shape index (κ3) is 2.25. The van der Waals surface area contributed by atoms with E-state index in [9.17, 15) is 4.79 Å². The number of halogens is 1. The Balaban J connectivity index is 1.90. The highest BCUT2D eigenvalue weighted by Crippen LogP contribution is 2.13. The predicted molar refractivity (Wildman–Crippen MR) is 70.2 cm³/mol. The van der Waals surface area contributed by atoms with Crippen LogP contribution in [0.4, 0.5) is 5.95 Å². The summed E-state index contributed by atoms with van der Waals surface area (Å²) in [5.41, 5.74) is 1.05. The van der Waals surface area contributed by atoms with Gasteiger partial charge in [0.1, 0.15) is 5.15 Å². The first kappa shape index (κ1) is 11.6. The van der Waals surface area contributed by atoms with Gasteiger partial charge in [0.25, 0.3) is 5.91 Å². The largest absolute Gasteiger partial charge is 0.289 e. The van der Waals surface area contributed by atoms with E-state index in [0.29, 0.717) is 16.4 Å². The fourth-order valence-corrected chi connectivity index (χ4v) is 1.80. The second kappa shape index (κ2) is 4.66. The van der Waals surface area contributed by atoms with Crippen LogP contribution in [0.5, 0.6) is 0 Å². The zero-order valence-corrected chi connectivity index (χ0v) is 10.4. The van der Waals surface area contributed by atoms with E-state index in [1.54, 1.807) is 42.7 Å². The minimum atomic E-state index is -0.297. The van der Waals surface area contributed by atoms with Gasteiger partial charge in [-0.1, -0.05) is 17.7 Å². The lowest BCUT2D eigenvalue weighted by Crippen LogP contribution is -2.13. The Morgan fingerprint density at radius 2 is 2.00 bits per heavy atom. The molecular weight excluding hydrogens is 266 g/mol. The predicted octanol–water partition coefficient (Wildman–Crippen LogP) is 2.03. The molecule has 0 saturated carbocycles. The van der Waals surface area contributed by atoms with E-state index in [0.717, 1.165) is 0 Å².